The monoisotopic (exact) mass is 279 g/mol. The smallest absolute Gasteiger partial charge is 0.127 e. The zero-order valence-corrected chi connectivity index (χ0v) is 13.5. The fourth-order valence-corrected chi connectivity index (χ4v) is 1.70. The van der Waals surface area contributed by atoms with Crippen LogP contribution in [0.5, 0.6) is 11.5 Å². The van der Waals surface area contributed by atoms with Gasteiger partial charge in [0.25, 0.3) is 0 Å². The van der Waals surface area contributed by atoms with Crippen molar-refractivity contribution in [2.24, 2.45) is 5.92 Å². The van der Waals surface area contributed by atoms with Gasteiger partial charge in [-0.05, 0) is 18.4 Å². The molecule has 1 N–H and O–H groups in total. The van der Waals surface area contributed by atoms with Crippen LogP contribution in [0, 0.1) is 5.92 Å². The Bertz CT molecular complexity index is 389. The fourth-order valence-electron chi connectivity index (χ4n) is 1.70. The third kappa shape index (κ3) is 6.29. The van der Waals surface area contributed by atoms with Crippen LogP contribution in [-0.4, -0.2) is 19.3 Å². The average molecular weight is 279 g/mol. The van der Waals surface area contributed by atoms with Gasteiger partial charge >= 0.3 is 0 Å². The van der Waals surface area contributed by atoms with E-state index in [4.69, 9.17) is 9.47 Å². The minimum Gasteiger partial charge on any atom is -0.493 e. The second kappa shape index (κ2) is 8.85. The molecular weight excluding hydrogens is 250 g/mol. The summed E-state index contributed by atoms with van der Waals surface area (Å²) in [6.45, 7) is 13.0. The molecule has 0 radical (unpaired) electrons. The first-order valence-electron chi connectivity index (χ1n) is 7.64. The highest BCUT2D eigenvalue weighted by Gasteiger charge is 2.08. The lowest BCUT2D eigenvalue weighted by Gasteiger charge is -2.16. The molecule has 0 bridgehead atoms. The van der Waals surface area contributed by atoms with Gasteiger partial charge in [0.05, 0.1) is 13.2 Å². The minimum absolute atomic E-state index is 0.462. The molecule has 20 heavy (non-hydrogen) atoms. The Morgan fingerprint density at radius 3 is 2.45 bits per heavy atom. The molecule has 0 atom stereocenters. The molecule has 0 saturated carbocycles. The van der Waals surface area contributed by atoms with Gasteiger partial charge in [0.15, 0.2) is 0 Å². The van der Waals surface area contributed by atoms with Gasteiger partial charge in [-0.3, -0.25) is 0 Å². The second-order valence-electron chi connectivity index (χ2n) is 5.86. The van der Waals surface area contributed by atoms with Crippen molar-refractivity contribution in [3.8, 4) is 11.5 Å². The zero-order valence-electron chi connectivity index (χ0n) is 13.5. The van der Waals surface area contributed by atoms with Crippen molar-refractivity contribution in [3.05, 3.63) is 23.8 Å². The molecule has 0 amide bonds. The van der Waals surface area contributed by atoms with Gasteiger partial charge < -0.3 is 14.8 Å². The van der Waals surface area contributed by atoms with Crippen LogP contribution >= 0.6 is 0 Å². The largest absolute Gasteiger partial charge is 0.493 e. The summed E-state index contributed by atoms with van der Waals surface area (Å²) in [6, 6.07) is 6.59. The summed E-state index contributed by atoms with van der Waals surface area (Å²) in [5, 5.41) is 3.43. The summed E-state index contributed by atoms with van der Waals surface area (Å²) < 4.78 is 11.6. The van der Waals surface area contributed by atoms with Crippen LogP contribution in [0.2, 0.25) is 0 Å². The van der Waals surface area contributed by atoms with E-state index < -0.39 is 0 Å². The molecule has 1 aromatic rings. The van der Waals surface area contributed by atoms with Crippen molar-refractivity contribution in [2.75, 3.05) is 13.2 Å². The molecule has 0 aliphatic heterocycles. The molecule has 1 rings (SSSR count). The molecule has 0 unspecified atom stereocenters. The van der Waals surface area contributed by atoms with E-state index in [-0.39, 0.29) is 0 Å². The second-order valence-corrected chi connectivity index (χ2v) is 5.86. The highest BCUT2D eigenvalue weighted by molar-refractivity contribution is 5.40. The van der Waals surface area contributed by atoms with Crippen LogP contribution in [0.3, 0.4) is 0 Å². The van der Waals surface area contributed by atoms with Crippen LogP contribution in [0.1, 0.15) is 46.6 Å². The lowest BCUT2D eigenvalue weighted by atomic mass is 10.1. The molecular formula is C17H29NO2. The molecule has 3 heteroatoms. The van der Waals surface area contributed by atoms with E-state index >= 15 is 0 Å². The predicted molar refractivity (Wildman–Crippen MR) is 84.5 cm³/mol. The molecule has 114 valence electrons. The minimum atomic E-state index is 0.462. The molecule has 0 aromatic heterocycles. The standard InChI is InChI=1S/C17H29NO2/c1-6-9-19-16-8-7-15(11-18-14(4)5)17(10-16)20-12-13(2)3/h7-8,10,13-14,18H,6,9,11-12H2,1-5H3. The van der Waals surface area contributed by atoms with Gasteiger partial charge in [-0.25, -0.2) is 0 Å². The molecule has 0 aliphatic rings. The van der Waals surface area contributed by atoms with Gasteiger partial charge in [-0.2, -0.15) is 0 Å². The van der Waals surface area contributed by atoms with Crippen LogP contribution in [-0.2, 0) is 6.54 Å². The number of rotatable bonds is 9. The fraction of sp³-hybridized carbons (Fsp3) is 0.647. The van der Waals surface area contributed by atoms with Crippen LogP contribution < -0.4 is 14.8 Å². The first kappa shape index (κ1) is 16.8. The Morgan fingerprint density at radius 2 is 1.85 bits per heavy atom. The number of ether oxygens (including phenoxy) is 2. The lowest BCUT2D eigenvalue weighted by Crippen LogP contribution is -2.22. The van der Waals surface area contributed by atoms with E-state index in [0.717, 1.165) is 37.7 Å². The third-order valence-electron chi connectivity index (χ3n) is 2.78. The van der Waals surface area contributed by atoms with Gasteiger partial charge in [0.1, 0.15) is 11.5 Å². The highest BCUT2D eigenvalue weighted by Crippen LogP contribution is 2.26. The SMILES string of the molecule is CCCOc1ccc(CNC(C)C)c(OCC(C)C)c1. The first-order chi connectivity index (χ1) is 9.52. The van der Waals surface area contributed by atoms with E-state index in [1.54, 1.807) is 0 Å². The van der Waals surface area contributed by atoms with E-state index in [0.29, 0.717) is 12.0 Å². The van der Waals surface area contributed by atoms with Crippen molar-refractivity contribution in [1.29, 1.82) is 0 Å². The molecule has 0 saturated heterocycles. The van der Waals surface area contributed by atoms with Crippen LogP contribution in [0.4, 0.5) is 0 Å². The first-order valence-corrected chi connectivity index (χ1v) is 7.64. The number of nitrogens with one attached hydrogen (secondary N) is 1. The van der Waals surface area contributed by atoms with Gasteiger partial charge in [0, 0.05) is 24.2 Å². The number of benzene rings is 1. The topological polar surface area (TPSA) is 30.5 Å². The Hall–Kier alpha value is -1.22. The maximum Gasteiger partial charge on any atom is 0.127 e. The Kier molecular flexibility index (Phi) is 7.45. The maximum absolute atomic E-state index is 5.93. The third-order valence-corrected chi connectivity index (χ3v) is 2.78. The summed E-state index contributed by atoms with van der Waals surface area (Å²) in [5.41, 5.74) is 1.18. The van der Waals surface area contributed by atoms with E-state index in [1.165, 1.54) is 5.56 Å². The number of hydrogen-bond acceptors (Lipinski definition) is 3. The molecule has 3 nitrogen and oxygen atoms in total. The summed E-state index contributed by atoms with van der Waals surface area (Å²) in [6.07, 6.45) is 1.01. The van der Waals surface area contributed by atoms with Crippen LogP contribution in [0.25, 0.3) is 0 Å². The van der Waals surface area contributed by atoms with Crippen molar-refractivity contribution < 1.29 is 9.47 Å². The lowest BCUT2D eigenvalue weighted by molar-refractivity contribution is 0.264. The summed E-state index contributed by atoms with van der Waals surface area (Å²) in [5.74, 6) is 2.33. The Morgan fingerprint density at radius 1 is 1.10 bits per heavy atom. The number of hydrogen-bond donors (Lipinski definition) is 1. The van der Waals surface area contributed by atoms with E-state index in [2.05, 4.69) is 46.0 Å². The molecule has 0 aliphatic carbocycles. The molecule has 0 spiro atoms. The molecule has 1 aromatic carbocycles. The highest BCUT2D eigenvalue weighted by atomic mass is 16.5. The molecule has 0 heterocycles. The Balaban J connectivity index is 2.79. The van der Waals surface area contributed by atoms with Crippen molar-refractivity contribution in [2.45, 2.75) is 53.6 Å². The van der Waals surface area contributed by atoms with E-state index in [1.807, 2.05) is 12.1 Å². The van der Waals surface area contributed by atoms with E-state index in [9.17, 15) is 0 Å². The van der Waals surface area contributed by atoms with Gasteiger partial charge in [0.2, 0.25) is 0 Å². The zero-order chi connectivity index (χ0) is 15.0. The van der Waals surface area contributed by atoms with Crippen molar-refractivity contribution in [1.82, 2.24) is 5.32 Å². The van der Waals surface area contributed by atoms with Gasteiger partial charge in [-0.15, -0.1) is 0 Å². The summed E-state index contributed by atoms with van der Waals surface area (Å²) in [4.78, 5) is 0. The maximum atomic E-state index is 5.93. The summed E-state index contributed by atoms with van der Waals surface area (Å²) >= 11 is 0. The van der Waals surface area contributed by atoms with Gasteiger partial charge in [-0.1, -0.05) is 40.7 Å². The average Bonchev–Trinajstić information content (AvgIpc) is 2.41. The van der Waals surface area contributed by atoms with Crippen molar-refractivity contribution >= 4 is 0 Å². The Labute approximate surface area is 123 Å². The van der Waals surface area contributed by atoms with Crippen LogP contribution in [0.15, 0.2) is 18.2 Å². The van der Waals surface area contributed by atoms with Crippen molar-refractivity contribution in [3.63, 3.8) is 0 Å². The normalized spacial score (nSPS) is 11.2. The molecule has 0 fully saturated rings. The quantitative estimate of drug-likeness (QED) is 0.741. The predicted octanol–water partition coefficient (Wildman–Crippen LogP) is 4.01. The summed E-state index contributed by atoms with van der Waals surface area (Å²) in [7, 11) is 0.